The second-order valence-electron chi connectivity index (χ2n) is 3.72. The maximum absolute atomic E-state index is 9.43. The molecular formula is C8H14O3. The number of fused-ring (bicyclic) bond motifs is 1. The Labute approximate surface area is 66.3 Å². The summed E-state index contributed by atoms with van der Waals surface area (Å²) in [6.45, 7) is 5.24. The molecule has 3 heteroatoms. The van der Waals surface area contributed by atoms with E-state index in [2.05, 4.69) is 6.92 Å². The van der Waals surface area contributed by atoms with Gasteiger partial charge in [0.2, 0.25) is 0 Å². The molecule has 0 amide bonds. The van der Waals surface area contributed by atoms with Crippen LogP contribution in [-0.2, 0) is 9.47 Å². The van der Waals surface area contributed by atoms with Crippen LogP contribution >= 0.6 is 0 Å². The summed E-state index contributed by atoms with van der Waals surface area (Å²) in [4.78, 5) is 0. The standard InChI is InChI=1S/C8H14O3/c1-5-3-10-7-6(9)4-11-8(5,7)2/h5-7,9H,3-4H2,1-2H3/t5-,6-,7+,8+/m0/s1. The average molecular weight is 158 g/mol. The van der Waals surface area contributed by atoms with Gasteiger partial charge >= 0.3 is 0 Å². The van der Waals surface area contributed by atoms with Crippen molar-refractivity contribution in [2.24, 2.45) is 5.92 Å². The van der Waals surface area contributed by atoms with Gasteiger partial charge in [-0.25, -0.2) is 0 Å². The van der Waals surface area contributed by atoms with Crippen LogP contribution in [-0.4, -0.2) is 36.1 Å². The van der Waals surface area contributed by atoms with E-state index in [-0.39, 0.29) is 11.7 Å². The Morgan fingerprint density at radius 2 is 2.18 bits per heavy atom. The summed E-state index contributed by atoms with van der Waals surface area (Å²) in [5.74, 6) is 0.393. The van der Waals surface area contributed by atoms with Crippen LogP contribution < -0.4 is 0 Å². The molecule has 0 aromatic carbocycles. The Morgan fingerprint density at radius 3 is 2.82 bits per heavy atom. The molecule has 2 aliphatic rings. The van der Waals surface area contributed by atoms with E-state index in [9.17, 15) is 5.11 Å². The van der Waals surface area contributed by atoms with E-state index in [0.717, 1.165) is 0 Å². The molecule has 2 saturated heterocycles. The Kier molecular flexibility index (Phi) is 1.50. The summed E-state index contributed by atoms with van der Waals surface area (Å²) >= 11 is 0. The van der Waals surface area contributed by atoms with E-state index in [4.69, 9.17) is 9.47 Å². The molecule has 11 heavy (non-hydrogen) atoms. The molecule has 0 saturated carbocycles. The van der Waals surface area contributed by atoms with Crippen molar-refractivity contribution in [1.29, 1.82) is 0 Å². The van der Waals surface area contributed by atoms with Gasteiger partial charge in [-0.1, -0.05) is 6.92 Å². The molecular weight excluding hydrogens is 144 g/mol. The van der Waals surface area contributed by atoms with E-state index >= 15 is 0 Å². The third kappa shape index (κ3) is 0.849. The highest BCUT2D eigenvalue weighted by Gasteiger charge is 2.54. The first-order valence-electron chi connectivity index (χ1n) is 4.08. The molecule has 0 radical (unpaired) electrons. The molecule has 2 aliphatic heterocycles. The summed E-state index contributed by atoms with van der Waals surface area (Å²) in [5.41, 5.74) is -0.237. The lowest BCUT2D eigenvalue weighted by atomic mass is 9.89. The Morgan fingerprint density at radius 1 is 1.45 bits per heavy atom. The minimum atomic E-state index is -0.426. The summed E-state index contributed by atoms with van der Waals surface area (Å²) in [6, 6.07) is 0. The van der Waals surface area contributed by atoms with Crippen LogP contribution in [0.4, 0.5) is 0 Å². The lowest BCUT2D eigenvalue weighted by Gasteiger charge is -2.25. The van der Waals surface area contributed by atoms with E-state index in [1.54, 1.807) is 0 Å². The highest BCUT2D eigenvalue weighted by Crippen LogP contribution is 2.40. The Bertz CT molecular complexity index is 171. The fraction of sp³-hybridized carbons (Fsp3) is 1.00. The highest BCUT2D eigenvalue weighted by molar-refractivity contribution is 5.02. The first-order chi connectivity index (χ1) is 5.14. The van der Waals surface area contributed by atoms with Crippen LogP contribution in [0, 0.1) is 5.92 Å². The van der Waals surface area contributed by atoms with Gasteiger partial charge in [-0.05, 0) is 6.92 Å². The first-order valence-corrected chi connectivity index (χ1v) is 4.08. The predicted molar refractivity (Wildman–Crippen MR) is 39.3 cm³/mol. The van der Waals surface area contributed by atoms with Gasteiger partial charge in [-0.3, -0.25) is 0 Å². The van der Waals surface area contributed by atoms with Gasteiger partial charge < -0.3 is 14.6 Å². The summed E-state index contributed by atoms with van der Waals surface area (Å²) in [7, 11) is 0. The van der Waals surface area contributed by atoms with E-state index in [1.807, 2.05) is 6.92 Å². The molecule has 0 bridgehead atoms. The van der Waals surface area contributed by atoms with E-state index in [1.165, 1.54) is 0 Å². The molecule has 1 N–H and O–H groups in total. The van der Waals surface area contributed by atoms with Crippen molar-refractivity contribution in [1.82, 2.24) is 0 Å². The van der Waals surface area contributed by atoms with Gasteiger partial charge in [0.05, 0.1) is 18.8 Å². The predicted octanol–water partition coefficient (Wildman–Crippen LogP) is 0.171. The van der Waals surface area contributed by atoms with Crippen molar-refractivity contribution in [2.45, 2.75) is 31.7 Å². The molecule has 0 unspecified atom stereocenters. The minimum Gasteiger partial charge on any atom is -0.388 e. The SMILES string of the molecule is C[C@H]1CO[C@@H]2[C@@H](O)CO[C@@]21C. The number of hydrogen-bond acceptors (Lipinski definition) is 3. The molecule has 2 fully saturated rings. The van der Waals surface area contributed by atoms with Crippen LogP contribution in [0.25, 0.3) is 0 Å². The van der Waals surface area contributed by atoms with E-state index < -0.39 is 6.10 Å². The largest absolute Gasteiger partial charge is 0.388 e. The smallest absolute Gasteiger partial charge is 0.115 e. The van der Waals surface area contributed by atoms with Crippen molar-refractivity contribution in [2.75, 3.05) is 13.2 Å². The molecule has 2 rings (SSSR count). The van der Waals surface area contributed by atoms with Gasteiger partial charge in [0, 0.05) is 5.92 Å². The number of aliphatic hydroxyl groups excluding tert-OH is 1. The van der Waals surface area contributed by atoms with Crippen molar-refractivity contribution < 1.29 is 14.6 Å². The second-order valence-corrected chi connectivity index (χ2v) is 3.72. The number of rotatable bonds is 0. The van der Waals surface area contributed by atoms with Gasteiger partial charge in [0.25, 0.3) is 0 Å². The van der Waals surface area contributed by atoms with Crippen LogP contribution in [0.3, 0.4) is 0 Å². The van der Waals surface area contributed by atoms with Crippen LogP contribution in [0.5, 0.6) is 0 Å². The van der Waals surface area contributed by atoms with Crippen molar-refractivity contribution in [3.8, 4) is 0 Å². The van der Waals surface area contributed by atoms with Crippen molar-refractivity contribution >= 4 is 0 Å². The maximum Gasteiger partial charge on any atom is 0.115 e. The van der Waals surface area contributed by atoms with E-state index in [0.29, 0.717) is 19.1 Å². The average Bonchev–Trinajstić information content (AvgIpc) is 2.39. The Balaban J connectivity index is 2.23. The lowest BCUT2D eigenvalue weighted by molar-refractivity contribution is -0.0265. The molecule has 0 aromatic rings. The fourth-order valence-electron chi connectivity index (χ4n) is 1.93. The van der Waals surface area contributed by atoms with Gasteiger partial charge in [0.15, 0.2) is 0 Å². The summed E-state index contributed by atoms with van der Waals surface area (Å²) < 4.78 is 10.9. The van der Waals surface area contributed by atoms with Crippen molar-refractivity contribution in [3.63, 3.8) is 0 Å². The molecule has 0 spiro atoms. The monoisotopic (exact) mass is 158 g/mol. The number of hydrogen-bond donors (Lipinski definition) is 1. The lowest BCUT2D eigenvalue weighted by Crippen LogP contribution is -2.39. The normalized spacial score (nSPS) is 56.5. The number of ether oxygens (including phenoxy) is 2. The molecule has 64 valence electrons. The zero-order valence-electron chi connectivity index (χ0n) is 6.91. The van der Waals surface area contributed by atoms with Crippen LogP contribution in [0.15, 0.2) is 0 Å². The zero-order valence-corrected chi connectivity index (χ0v) is 6.91. The second kappa shape index (κ2) is 2.19. The molecule has 2 heterocycles. The number of aliphatic hydroxyl groups is 1. The summed E-state index contributed by atoms with van der Waals surface area (Å²) in [6.07, 6.45) is -0.526. The Hall–Kier alpha value is -0.120. The molecule has 0 aromatic heterocycles. The zero-order chi connectivity index (χ0) is 8.06. The molecule has 3 nitrogen and oxygen atoms in total. The van der Waals surface area contributed by atoms with Crippen LogP contribution in [0.1, 0.15) is 13.8 Å². The molecule has 0 aliphatic carbocycles. The third-order valence-electron chi connectivity index (χ3n) is 2.98. The first kappa shape index (κ1) is 7.53. The minimum absolute atomic E-state index is 0.0995. The highest BCUT2D eigenvalue weighted by atomic mass is 16.6. The fourth-order valence-corrected chi connectivity index (χ4v) is 1.93. The van der Waals surface area contributed by atoms with Gasteiger partial charge in [-0.15, -0.1) is 0 Å². The molecule has 4 atom stereocenters. The van der Waals surface area contributed by atoms with Gasteiger partial charge in [-0.2, -0.15) is 0 Å². The topological polar surface area (TPSA) is 38.7 Å². The van der Waals surface area contributed by atoms with Crippen molar-refractivity contribution in [3.05, 3.63) is 0 Å². The van der Waals surface area contributed by atoms with Gasteiger partial charge in [0.1, 0.15) is 12.2 Å². The van der Waals surface area contributed by atoms with Crippen LogP contribution in [0.2, 0.25) is 0 Å². The summed E-state index contributed by atoms with van der Waals surface area (Å²) in [5, 5.41) is 9.43. The quantitative estimate of drug-likeness (QED) is 0.546. The third-order valence-corrected chi connectivity index (χ3v) is 2.98. The maximum atomic E-state index is 9.43.